The second-order valence-electron chi connectivity index (χ2n) is 4.66. The molecule has 19 heavy (non-hydrogen) atoms. The Morgan fingerprint density at radius 2 is 1.84 bits per heavy atom. The van der Waals surface area contributed by atoms with Gasteiger partial charge in [0.05, 0.1) is 5.56 Å². The summed E-state index contributed by atoms with van der Waals surface area (Å²) < 4.78 is 0. The topological polar surface area (TPSA) is 69.6 Å². The standard InChI is InChI=1S/C14H20N2O3/c1-10(2)15-9-8-13(17)16(3)12-6-4-11(5-7-12)14(18)19/h4-7,10,15H,8-9H2,1-3H3,(H,18,19). The fraction of sp³-hybridized carbons (Fsp3) is 0.429. The summed E-state index contributed by atoms with van der Waals surface area (Å²) >= 11 is 0. The molecule has 0 heterocycles. The number of nitrogens with one attached hydrogen (secondary N) is 1. The minimum Gasteiger partial charge on any atom is -0.478 e. The summed E-state index contributed by atoms with van der Waals surface area (Å²) in [5, 5.41) is 12.0. The van der Waals surface area contributed by atoms with E-state index in [2.05, 4.69) is 5.32 Å². The van der Waals surface area contributed by atoms with Gasteiger partial charge in [-0.3, -0.25) is 4.79 Å². The van der Waals surface area contributed by atoms with Gasteiger partial charge < -0.3 is 15.3 Å². The van der Waals surface area contributed by atoms with Crippen LogP contribution in [0.15, 0.2) is 24.3 Å². The average molecular weight is 264 g/mol. The number of nitrogens with zero attached hydrogens (tertiary/aromatic N) is 1. The normalized spacial score (nSPS) is 10.5. The Balaban J connectivity index is 2.58. The highest BCUT2D eigenvalue weighted by Gasteiger charge is 2.11. The number of carboxylic acid groups (broad SMARTS) is 1. The molecule has 0 aromatic heterocycles. The second-order valence-corrected chi connectivity index (χ2v) is 4.66. The molecule has 2 N–H and O–H groups in total. The summed E-state index contributed by atoms with van der Waals surface area (Å²) in [6.07, 6.45) is 0.412. The third-order valence-electron chi connectivity index (χ3n) is 2.77. The first kappa shape index (κ1) is 15.2. The first-order valence-electron chi connectivity index (χ1n) is 6.25. The lowest BCUT2D eigenvalue weighted by atomic mass is 10.2. The molecule has 0 saturated carbocycles. The molecule has 1 amide bonds. The predicted molar refractivity (Wildman–Crippen MR) is 74.6 cm³/mol. The minimum atomic E-state index is -0.971. The van der Waals surface area contributed by atoms with Crippen LogP contribution in [0.1, 0.15) is 30.6 Å². The Morgan fingerprint density at radius 3 is 2.32 bits per heavy atom. The molecule has 0 radical (unpaired) electrons. The van der Waals surface area contributed by atoms with E-state index in [1.165, 1.54) is 17.0 Å². The van der Waals surface area contributed by atoms with Crippen LogP contribution in [0.2, 0.25) is 0 Å². The van der Waals surface area contributed by atoms with E-state index in [1.807, 2.05) is 13.8 Å². The summed E-state index contributed by atoms with van der Waals surface area (Å²) in [7, 11) is 1.69. The molecule has 5 heteroatoms. The van der Waals surface area contributed by atoms with Gasteiger partial charge in [0.1, 0.15) is 0 Å². The summed E-state index contributed by atoms with van der Waals surface area (Å²) in [5.41, 5.74) is 0.908. The number of amides is 1. The quantitative estimate of drug-likeness (QED) is 0.821. The molecule has 104 valence electrons. The Bertz CT molecular complexity index is 441. The highest BCUT2D eigenvalue weighted by atomic mass is 16.4. The lowest BCUT2D eigenvalue weighted by Crippen LogP contribution is -2.31. The number of hydrogen-bond acceptors (Lipinski definition) is 3. The molecule has 0 aliphatic heterocycles. The predicted octanol–water partition coefficient (Wildman–Crippen LogP) is 1.74. The Labute approximate surface area is 113 Å². The molecule has 1 aromatic carbocycles. The number of hydrogen-bond donors (Lipinski definition) is 2. The van der Waals surface area contributed by atoms with E-state index in [4.69, 9.17) is 5.11 Å². The van der Waals surface area contributed by atoms with Gasteiger partial charge >= 0.3 is 5.97 Å². The van der Waals surface area contributed by atoms with Gasteiger partial charge in [-0.2, -0.15) is 0 Å². The highest BCUT2D eigenvalue weighted by molar-refractivity contribution is 5.94. The van der Waals surface area contributed by atoms with E-state index >= 15 is 0 Å². The van der Waals surface area contributed by atoms with Crippen molar-refractivity contribution in [3.63, 3.8) is 0 Å². The van der Waals surface area contributed by atoms with E-state index in [0.29, 0.717) is 24.7 Å². The van der Waals surface area contributed by atoms with E-state index in [9.17, 15) is 9.59 Å². The monoisotopic (exact) mass is 264 g/mol. The molecule has 0 aliphatic rings. The number of carboxylic acids is 1. The zero-order valence-electron chi connectivity index (χ0n) is 11.5. The molecule has 0 fully saturated rings. The lowest BCUT2D eigenvalue weighted by molar-refractivity contribution is -0.118. The number of carbonyl (C=O) groups excluding carboxylic acids is 1. The van der Waals surface area contributed by atoms with Crippen LogP contribution in [0.4, 0.5) is 5.69 Å². The van der Waals surface area contributed by atoms with Crippen molar-refractivity contribution in [1.29, 1.82) is 0 Å². The smallest absolute Gasteiger partial charge is 0.335 e. The summed E-state index contributed by atoms with van der Waals surface area (Å²) in [6, 6.07) is 6.61. The van der Waals surface area contributed by atoms with Crippen molar-refractivity contribution >= 4 is 17.6 Å². The molecule has 0 saturated heterocycles. The number of aromatic carboxylic acids is 1. The minimum absolute atomic E-state index is 0.00350. The fourth-order valence-corrected chi connectivity index (χ4v) is 1.61. The highest BCUT2D eigenvalue weighted by Crippen LogP contribution is 2.14. The van der Waals surface area contributed by atoms with Crippen LogP contribution >= 0.6 is 0 Å². The fourth-order valence-electron chi connectivity index (χ4n) is 1.61. The van der Waals surface area contributed by atoms with Gasteiger partial charge in [-0.25, -0.2) is 4.79 Å². The van der Waals surface area contributed by atoms with Gasteiger partial charge in [0, 0.05) is 31.7 Å². The molecule has 0 aliphatic carbocycles. The maximum Gasteiger partial charge on any atom is 0.335 e. The lowest BCUT2D eigenvalue weighted by Gasteiger charge is -2.18. The van der Waals surface area contributed by atoms with E-state index in [0.717, 1.165) is 0 Å². The van der Waals surface area contributed by atoms with Crippen LogP contribution in [-0.4, -0.2) is 36.6 Å². The molecular weight excluding hydrogens is 244 g/mol. The SMILES string of the molecule is CC(C)NCCC(=O)N(C)c1ccc(C(=O)O)cc1. The Kier molecular flexibility index (Phi) is 5.51. The van der Waals surface area contributed by atoms with Gasteiger partial charge in [-0.15, -0.1) is 0 Å². The number of rotatable bonds is 6. The molecule has 0 bridgehead atoms. The zero-order chi connectivity index (χ0) is 14.4. The summed E-state index contributed by atoms with van der Waals surface area (Å²) in [6.45, 7) is 4.69. The van der Waals surface area contributed by atoms with Crippen LogP contribution in [0.25, 0.3) is 0 Å². The van der Waals surface area contributed by atoms with Crippen LogP contribution < -0.4 is 10.2 Å². The Morgan fingerprint density at radius 1 is 1.26 bits per heavy atom. The van der Waals surface area contributed by atoms with Crippen molar-refractivity contribution in [2.45, 2.75) is 26.3 Å². The van der Waals surface area contributed by atoms with Crippen molar-refractivity contribution in [1.82, 2.24) is 5.32 Å². The molecule has 1 rings (SSSR count). The second kappa shape index (κ2) is 6.89. The third-order valence-corrected chi connectivity index (χ3v) is 2.77. The van der Waals surface area contributed by atoms with Gasteiger partial charge in [0.25, 0.3) is 0 Å². The number of benzene rings is 1. The van der Waals surface area contributed by atoms with Crippen molar-refractivity contribution in [2.75, 3.05) is 18.5 Å². The molecular formula is C14H20N2O3. The van der Waals surface area contributed by atoms with Crippen LogP contribution in [0, 0.1) is 0 Å². The van der Waals surface area contributed by atoms with Gasteiger partial charge in [0.15, 0.2) is 0 Å². The number of anilines is 1. The molecule has 0 spiro atoms. The Hall–Kier alpha value is -1.88. The van der Waals surface area contributed by atoms with Crippen LogP contribution in [-0.2, 0) is 4.79 Å². The summed E-state index contributed by atoms with van der Waals surface area (Å²) in [5.74, 6) is -0.974. The molecule has 1 aromatic rings. The third kappa shape index (κ3) is 4.71. The number of carbonyl (C=O) groups is 2. The van der Waals surface area contributed by atoms with Crippen LogP contribution in [0.3, 0.4) is 0 Å². The van der Waals surface area contributed by atoms with Crippen molar-refractivity contribution in [2.24, 2.45) is 0 Å². The van der Waals surface area contributed by atoms with Crippen molar-refractivity contribution in [3.8, 4) is 0 Å². The molecule has 5 nitrogen and oxygen atoms in total. The van der Waals surface area contributed by atoms with Crippen molar-refractivity contribution in [3.05, 3.63) is 29.8 Å². The molecule has 0 unspecified atom stereocenters. The first-order chi connectivity index (χ1) is 8.91. The maximum absolute atomic E-state index is 11.9. The summed E-state index contributed by atoms with van der Waals surface area (Å²) in [4.78, 5) is 24.2. The molecule has 0 atom stereocenters. The largest absolute Gasteiger partial charge is 0.478 e. The zero-order valence-corrected chi connectivity index (χ0v) is 11.5. The first-order valence-corrected chi connectivity index (χ1v) is 6.25. The average Bonchev–Trinajstić information content (AvgIpc) is 2.37. The van der Waals surface area contributed by atoms with E-state index < -0.39 is 5.97 Å². The van der Waals surface area contributed by atoms with E-state index in [-0.39, 0.29) is 11.5 Å². The van der Waals surface area contributed by atoms with Gasteiger partial charge in [0.2, 0.25) is 5.91 Å². The maximum atomic E-state index is 11.9. The van der Waals surface area contributed by atoms with Crippen LogP contribution in [0.5, 0.6) is 0 Å². The van der Waals surface area contributed by atoms with Gasteiger partial charge in [-0.1, -0.05) is 13.8 Å². The van der Waals surface area contributed by atoms with Gasteiger partial charge in [-0.05, 0) is 24.3 Å². The van der Waals surface area contributed by atoms with E-state index in [1.54, 1.807) is 19.2 Å². The van der Waals surface area contributed by atoms with Crippen molar-refractivity contribution < 1.29 is 14.7 Å².